The van der Waals surface area contributed by atoms with E-state index in [-0.39, 0.29) is 12.6 Å². The Balaban J connectivity index is 2.15. The number of aryl methyl sites for hydroxylation is 1. The van der Waals surface area contributed by atoms with E-state index in [2.05, 4.69) is 11.6 Å². The highest BCUT2D eigenvalue weighted by Gasteiger charge is 2.14. The van der Waals surface area contributed by atoms with Crippen LogP contribution in [-0.4, -0.2) is 17.6 Å². The summed E-state index contributed by atoms with van der Waals surface area (Å²) in [5, 5.41) is 0.789. The minimum absolute atomic E-state index is 0.190. The fourth-order valence-corrected chi connectivity index (χ4v) is 2.43. The average Bonchev–Trinajstić information content (AvgIpc) is 2.59. The molecule has 0 unspecified atom stereocenters. The van der Waals surface area contributed by atoms with Crippen molar-refractivity contribution in [1.82, 2.24) is 4.98 Å². The van der Waals surface area contributed by atoms with Crippen LogP contribution < -0.4 is 0 Å². The van der Waals surface area contributed by atoms with Crippen LogP contribution in [0, 0.1) is 6.92 Å². The minimum Gasteiger partial charge on any atom is -0.458 e. The van der Waals surface area contributed by atoms with E-state index >= 15 is 0 Å². The fraction of sp³-hybridized carbons (Fsp3) is 0.100. The molecule has 114 valence electrons. The molecule has 3 aromatic rings. The first-order valence-electron chi connectivity index (χ1n) is 7.44. The van der Waals surface area contributed by atoms with E-state index in [1.54, 1.807) is 12.1 Å². The molecule has 23 heavy (non-hydrogen) atoms. The predicted octanol–water partition coefficient (Wildman–Crippen LogP) is 4.55. The summed E-state index contributed by atoms with van der Waals surface area (Å²) in [6.45, 7) is 5.80. The Morgan fingerprint density at radius 3 is 2.65 bits per heavy atom. The summed E-state index contributed by atoms with van der Waals surface area (Å²) in [6, 6.07) is 17.4. The van der Waals surface area contributed by atoms with Gasteiger partial charge in [0.2, 0.25) is 0 Å². The monoisotopic (exact) mass is 303 g/mol. The van der Waals surface area contributed by atoms with Gasteiger partial charge in [0.15, 0.2) is 0 Å². The standard InChI is InChI=1S/C20H17NO2/c1-3-12-23-20(22)17-13-19(15-10-8-14(2)9-11-15)21-18-7-5-4-6-16(17)18/h3-11,13H,1,12H2,2H3. The number of rotatable bonds is 4. The van der Waals surface area contributed by atoms with Crippen LogP contribution in [0.3, 0.4) is 0 Å². The second-order valence-electron chi connectivity index (χ2n) is 5.33. The van der Waals surface area contributed by atoms with E-state index in [9.17, 15) is 4.79 Å². The molecule has 0 saturated carbocycles. The van der Waals surface area contributed by atoms with Crippen molar-refractivity contribution in [1.29, 1.82) is 0 Å². The van der Waals surface area contributed by atoms with Crippen LogP contribution in [0.2, 0.25) is 0 Å². The molecule has 0 bridgehead atoms. The number of para-hydroxylation sites is 1. The number of ether oxygens (including phenoxy) is 1. The largest absolute Gasteiger partial charge is 0.458 e. The number of fused-ring (bicyclic) bond motifs is 1. The number of aromatic nitrogens is 1. The normalized spacial score (nSPS) is 10.5. The van der Waals surface area contributed by atoms with Crippen LogP contribution in [0.5, 0.6) is 0 Å². The maximum atomic E-state index is 12.4. The third-order valence-corrected chi connectivity index (χ3v) is 3.62. The molecule has 0 aliphatic heterocycles. The lowest BCUT2D eigenvalue weighted by molar-refractivity contribution is 0.0552. The van der Waals surface area contributed by atoms with E-state index in [1.807, 2.05) is 55.5 Å². The molecule has 0 aliphatic carbocycles. The Labute approximate surface area is 135 Å². The van der Waals surface area contributed by atoms with Crippen molar-refractivity contribution in [3.8, 4) is 11.3 Å². The lowest BCUT2D eigenvalue weighted by atomic mass is 10.0. The van der Waals surface area contributed by atoms with Crippen molar-refractivity contribution in [2.45, 2.75) is 6.92 Å². The molecule has 3 nitrogen and oxygen atoms in total. The van der Waals surface area contributed by atoms with Crippen LogP contribution in [-0.2, 0) is 4.74 Å². The molecule has 1 aromatic heterocycles. The Bertz CT molecular complexity index is 866. The zero-order valence-corrected chi connectivity index (χ0v) is 13.0. The molecule has 1 heterocycles. The molecule has 2 aromatic carbocycles. The first kappa shape index (κ1) is 15.0. The van der Waals surface area contributed by atoms with Crippen molar-refractivity contribution >= 4 is 16.9 Å². The number of pyridine rings is 1. The first-order valence-corrected chi connectivity index (χ1v) is 7.44. The van der Waals surface area contributed by atoms with Crippen molar-refractivity contribution in [3.63, 3.8) is 0 Å². The summed E-state index contributed by atoms with van der Waals surface area (Å²) in [6.07, 6.45) is 1.56. The van der Waals surface area contributed by atoms with Gasteiger partial charge >= 0.3 is 5.97 Å². The number of esters is 1. The molecule has 0 spiro atoms. The summed E-state index contributed by atoms with van der Waals surface area (Å²) in [7, 11) is 0. The molecule has 0 aliphatic rings. The van der Waals surface area contributed by atoms with Gasteiger partial charge < -0.3 is 4.74 Å². The SMILES string of the molecule is C=CCOC(=O)c1cc(-c2ccc(C)cc2)nc2ccccc12. The van der Waals surface area contributed by atoms with Gasteiger partial charge in [0.05, 0.1) is 16.8 Å². The zero-order chi connectivity index (χ0) is 16.2. The number of hydrogen-bond acceptors (Lipinski definition) is 3. The van der Waals surface area contributed by atoms with E-state index in [1.165, 1.54) is 5.56 Å². The molecule has 3 heteroatoms. The highest BCUT2D eigenvalue weighted by Crippen LogP contribution is 2.25. The van der Waals surface area contributed by atoms with Gasteiger partial charge in [-0.1, -0.05) is 60.7 Å². The summed E-state index contributed by atoms with van der Waals surface area (Å²) in [5.41, 5.74) is 4.21. The second kappa shape index (κ2) is 6.44. The van der Waals surface area contributed by atoms with Crippen LogP contribution in [0.1, 0.15) is 15.9 Å². The molecule has 0 saturated heterocycles. The van der Waals surface area contributed by atoms with Gasteiger partial charge in [-0.25, -0.2) is 9.78 Å². The van der Waals surface area contributed by atoms with Crippen LogP contribution in [0.15, 0.2) is 67.3 Å². The summed E-state index contributed by atoms with van der Waals surface area (Å²) in [5.74, 6) is -0.364. The van der Waals surface area contributed by atoms with Gasteiger partial charge in [0.1, 0.15) is 6.61 Å². The second-order valence-corrected chi connectivity index (χ2v) is 5.33. The number of carbonyl (C=O) groups is 1. The minimum atomic E-state index is -0.364. The molecular weight excluding hydrogens is 286 g/mol. The maximum absolute atomic E-state index is 12.4. The lowest BCUT2D eigenvalue weighted by Crippen LogP contribution is -2.07. The third-order valence-electron chi connectivity index (χ3n) is 3.62. The Hall–Kier alpha value is -2.94. The Morgan fingerprint density at radius 2 is 1.91 bits per heavy atom. The molecule has 3 rings (SSSR count). The number of hydrogen-bond donors (Lipinski definition) is 0. The average molecular weight is 303 g/mol. The Kier molecular flexibility index (Phi) is 4.20. The van der Waals surface area contributed by atoms with Gasteiger partial charge in [-0.3, -0.25) is 0 Å². The predicted molar refractivity (Wildman–Crippen MR) is 92.4 cm³/mol. The van der Waals surface area contributed by atoms with Gasteiger partial charge in [0.25, 0.3) is 0 Å². The smallest absolute Gasteiger partial charge is 0.339 e. The van der Waals surface area contributed by atoms with Crippen molar-refractivity contribution < 1.29 is 9.53 Å². The highest BCUT2D eigenvalue weighted by molar-refractivity contribution is 6.04. The van der Waals surface area contributed by atoms with Crippen molar-refractivity contribution in [3.05, 3.63) is 78.4 Å². The van der Waals surface area contributed by atoms with Crippen LogP contribution >= 0.6 is 0 Å². The van der Waals surface area contributed by atoms with Gasteiger partial charge in [-0.2, -0.15) is 0 Å². The van der Waals surface area contributed by atoms with Crippen molar-refractivity contribution in [2.75, 3.05) is 6.61 Å². The third kappa shape index (κ3) is 3.14. The quantitative estimate of drug-likeness (QED) is 0.524. The summed E-state index contributed by atoms with van der Waals surface area (Å²) in [4.78, 5) is 17.0. The number of nitrogens with zero attached hydrogens (tertiary/aromatic N) is 1. The number of carbonyl (C=O) groups excluding carboxylic acids is 1. The van der Waals surface area contributed by atoms with Gasteiger partial charge in [-0.15, -0.1) is 0 Å². The zero-order valence-electron chi connectivity index (χ0n) is 13.0. The van der Waals surface area contributed by atoms with E-state index < -0.39 is 0 Å². The molecule has 0 fully saturated rings. The molecular formula is C20H17NO2. The topological polar surface area (TPSA) is 39.2 Å². The maximum Gasteiger partial charge on any atom is 0.339 e. The first-order chi connectivity index (χ1) is 11.2. The van der Waals surface area contributed by atoms with Gasteiger partial charge in [-0.05, 0) is 19.1 Å². The highest BCUT2D eigenvalue weighted by atomic mass is 16.5. The fourth-order valence-electron chi connectivity index (χ4n) is 2.43. The van der Waals surface area contributed by atoms with Gasteiger partial charge in [0, 0.05) is 10.9 Å². The van der Waals surface area contributed by atoms with Crippen LogP contribution in [0.25, 0.3) is 22.2 Å². The lowest BCUT2D eigenvalue weighted by Gasteiger charge is -2.09. The summed E-state index contributed by atoms with van der Waals surface area (Å²) < 4.78 is 5.21. The molecule has 0 N–H and O–H groups in total. The van der Waals surface area contributed by atoms with E-state index in [0.29, 0.717) is 5.56 Å². The van der Waals surface area contributed by atoms with Crippen molar-refractivity contribution in [2.24, 2.45) is 0 Å². The Morgan fingerprint density at radius 1 is 1.17 bits per heavy atom. The van der Waals surface area contributed by atoms with E-state index in [4.69, 9.17) is 4.74 Å². The molecule has 0 amide bonds. The molecule has 0 radical (unpaired) electrons. The number of benzene rings is 2. The van der Waals surface area contributed by atoms with E-state index in [0.717, 1.165) is 22.2 Å². The van der Waals surface area contributed by atoms with Crippen LogP contribution in [0.4, 0.5) is 0 Å². The summed E-state index contributed by atoms with van der Waals surface area (Å²) >= 11 is 0. The molecule has 0 atom stereocenters.